The molecular weight excluding hydrogens is 569 g/mol. The van der Waals surface area contributed by atoms with Crippen LogP contribution < -0.4 is 0 Å². The first-order valence-electron chi connectivity index (χ1n) is 17.4. The smallest absolute Gasteiger partial charge is 0.480 e. The number of aliphatic carboxylic acids is 1. The normalized spacial score (nSPS) is 12.7. The Kier molecular flexibility index (Phi) is 31.9. The summed E-state index contributed by atoms with van der Waals surface area (Å²) >= 11 is 3.68. The van der Waals surface area contributed by atoms with E-state index in [9.17, 15) is 9.90 Å². The molecule has 0 aliphatic carbocycles. The van der Waals surface area contributed by atoms with Crippen LogP contribution in [0.25, 0.3) is 0 Å². The zero-order valence-electron chi connectivity index (χ0n) is 27.6. The Labute approximate surface area is 265 Å². The molecule has 0 rings (SSSR count). The predicted octanol–water partition coefficient (Wildman–Crippen LogP) is 10.8. The summed E-state index contributed by atoms with van der Waals surface area (Å²) < 4.78 is 17.8. The van der Waals surface area contributed by atoms with Gasteiger partial charge in [-0.1, -0.05) is 110 Å². The third-order valence-corrected chi connectivity index (χ3v) is 13.1. The van der Waals surface area contributed by atoms with E-state index in [0.29, 0.717) is 19.8 Å². The highest BCUT2D eigenvalue weighted by molar-refractivity contribution is 8.00. The van der Waals surface area contributed by atoms with Crippen molar-refractivity contribution in [1.29, 1.82) is 0 Å². The Morgan fingerprint density at radius 1 is 0.585 bits per heavy atom. The maximum absolute atomic E-state index is 11.7. The molecule has 0 aromatic carbocycles. The Morgan fingerprint density at radius 3 is 1.46 bits per heavy atom. The number of hydrogen-bond acceptors (Lipinski definition) is 6. The molecule has 0 spiro atoms. The van der Waals surface area contributed by atoms with E-state index in [2.05, 4.69) is 6.92 Å². The van der Waals surface area contributed by atoms with E-state index in [4.69, 9.17) is 13.3 Å². The lowest BCUT2D eigenvalue weighted by molar-refractivity contribution is -0.136. The Morgan fingerprint density at radius 2 is 1.00 bits per heavy atom. The van der Waals surface area contributed by atoms with E-state index >= 15 is 0 Å². The van der Waals surface area contributed by atoms with E-state index in [0.717, 1.165) is 43.2 Å². The standard InChI is InChI=1S/C33H68O5S2Si/c1-5-9-10-11-12-13-14-15-16-17-18-19-20-23-27-32(33(34)35)40-30-25-22-21-24-28-39-29-26-31-41(36-6-2,37-7-3)38-8-4/h32H,5-31H2,1-4H3,(H,34,35). The molecule has 1 unspecified atom stereocenters. The molecule has 0 saturated heterocycles. The van der Waals surface area contributed by atoms with Crippen molar-refractivity contribution < 1.29 is 23.2 Å². The summed E-state index contributed by atoms with van der Waals surface area (Å²) in [5, 5.41) is 9.40. The average Bonchev–Trinajstić information content (AvgIpc) is 2.95. The van der Waals surface area contributed by atoms with Gasteiger partial charge in [-0.3, -0.25) is 4.79 Å². The predicted molar refractivity (Wildman–Crippen MR) is 185 cm³/mol. The van der Waals surface area contributed by atoms with Crippen molar-refractivity contribution in [1.82, 2.24) is 0 Å². The Balaban J connectivity index is 3.64. The zero-order chi connectivity index (χ0) is 30.3. The van der Waals surface area contributed by atoms with Crippen molar-refractivity contribution in [3.63, 3.8) is 0 Å². The number of thioether (sulfide) groups is 2. The number of rotatable bonds is 34. The molecule has 0 aromatic heterocycles. The van der Waals surface area contributed by atoms with Gasteiger partial charge in [0, 0.05) is 25.9 Å². The monoisotopic (exact) mass is 636 g/mol. The van der Waals surface area contributed by atoms with Crippen molar-refractivity contribution in [2.75, 3.05) is 37.1 Å². The van der Waals surface area contributed by atoms with Gasteiger partial charge in [0.1, 0.15) is 5.25 Å². The number of unbranched alkanes of at least 4 members (excludes halogenated alkanes) is 16. The highest BCUT2D eigenvalue weighted by Gasteiger charge is 2.39. The van der Waals surface area contributed by atoms with Crippen LogP contribution in [0.3, 0.4) is 0 Å². The van der Waals surface area contributed by atoms with Gasteiger partial charge in [0.15, 0.2) is 0 Å². The second kappa shape index (κ2) is 31.7. The lowest BCUT2D eigenvalue weighted by atomic mass is 10.0. The SMILES string of the molecule is CCCCCCCCCCCCCCCCC(SCCCCCCSCCC[Si](OCC)(OCC)OCC)C(=O)O. The van der Waals surface area contributed by atoms with E-state index in [1.165, 1.54) is 108 Å². The molecule has 5 nitrogen and oxygen atoms in total. The molecule has 41 heavy (non-hydrogen) atoms. The lowest BCUT2D eigenvalue weighted by Gasteiger charge is -2.28. The van der Waals surface area contributed by atoms with Crippen molar-refractivity contribution >= 4 is 38.3 Å². The van der Waals surface area contributed by atoms with Crippen LogP contribution in [0.5, 0.6) is 0 Å². The second-order valence-corrected chi connectivity index (χ2v) is 16.5. The van der Waals surface area contributed by atoms with Crippen LogP contribution in [-0.4, -0.2) is 62.2 Å². The van der Waals surface area contributed by atoms with E-state index in [1.807, 2.05) is 32.5 Å². The summed E-state index contributed by atoms with van der Waals surface area (Å²) in [6.45, 7) is 10.2. The summed E-state index contributed by atoms with van der Waals surface area (Å²) in [5.74, 6) is 2.67. The van der Waals surface area contributed by atoms with Gasteiger partial charge in [-0.2, -0.15) is 11.8 Å². The Hall–Kier alpha value is 0.267. The molecule has 8 heteroatoms. The number of carboxylic acids is 1. The largest absolute Gasteiger partial charge is 0.500 e. The molecule has 246 valence electrons. The third-order valence-electron chi connectivity index (χ3n) is 7.46. The number of carboxylic acid groups (broad SMARTS) is 1. The van der Waals surface area contributed by atoms with Crippen molar-refractivity contribution in [2.24, 2.45) is 0 Å². The molecule has 1 N–H and O–H groups in total. The van der Waals surface area contributed by atoms with Crippen molar-refractivity contribution in [3.8, 4) is 0 Å². The number of carbonyl (C=O) groups is 1. The molecule has 0 aliphatic heterocycles. The minimum atomic E-state index is -2.49. The van der Waals surface area contributed by atoms with E-state index in [-0.39, 0.29) is 5.25 Å². The Bertz CT molecular complexity index is 539. The van der Waals surface area contributed by atoms with Gasteiger partial charge >= 0.3 is 14.8 Å². The summed E-state index contributed by atoms with van der Waals surface area (Å²) in [4.78, 5) is 11.7. The van der Waals surface area contributed by atoms with Crippen molar-refractivity contribution in [3.05, 3.63) is 0 Å². The van der Waals surface area contributed by atoms with Gasteiger partial charge in [0.25, 0.3) is 0 Å². The minimum absolute atomic E-state index is 0.219. The quantitative estimate of drug-likeness (QED) is 0.0557. The van der Waals surface area contributed by atoms with Crippen molar-refractivity contribution in [2.45, 2.75) is 167 Å². The molecule has 0 fully saturated rings. The summed E-state index contributed by atoms with van der Waals surface area (Å²) in [5.41, 5.74) is 0. The fraction of sp³-hybridized carbons (Fsp3) is 0.970. The molecule has 0 radical (unpaired) electrons. The molecule has 0 heterocycles. The maximum Gasteiger partial charge on any atom is 0.500 e. The van der Waals surface area contributed by atoms with Crippen LogP contribution in [0.4, 0.5) is 0 Å². The van der Waals surface area contributed by atoms with E-state index < -0.39 is 14.8 Å². The van der Waals surface area contributed by atoms with Gasteiger partial charge in [-0.25, -0.2) is 0 Å². The van der Waals surface area contributed by atoms with Crippen LogP contribution in [0.1, 0.15) is 156 Å². The number of hydrogen-bond donors (Lipinski definition) is 1. The molecule has 1 atom stereocenters. The third kappa shape index (κ3) is 26.4. The van der Waals surface area contributed by atoms with Gasteiger partial charge in [-0.05, 0) is 63.7 Å². The molecule has 0 saturated carbocycles. The first-order valence-corrected chi connectivity index (χ1v) is 21.5. The fourth-order valence-electron chi connectivity index (χ4n) is 5.18. The first-order chi connectivity index (χ1) is 20.0. The molecule has 0 amide bonds. The van der Waals surface area contributed by atoms with Crippen LogP contribution in [0.2, 0.25) is 6.04 Å². The lowest BCUT2D eigenvalue weighted by Crippen LogP contribution is -2.46. The average molecular weight is 637 g/mol. The first kappa shape index (κ1) is 41.3. The fourth-order valence-corrected chi connectivity index (χ4v) is 10.1. The van der Waals surface area contributed by atoms with E-state index in [1.54, 1.807) is 11.8 Å². The van der Waals surface area contributed by atoms with Gasteiger partial charge in [-0.15, -0.1) is 11.8 Å². The van der Waals surface area contributed by atoms with Gasteiger partial charge < -0.3 is 18.4 Å². The summed E-state index contributed by atoms with van der Waals surface area (Å²) in [7, 11) is -2.49. The second-order valence-electron chi connectivity index (χ2n) is 11.2. The van der Waals surface area contributed by atoms with Crippen LogP contribution in [0.15, 0.2) is 0 Å². The molecule has 0 aliphatic rings. The summed E-state index contributed by atoms with van der Waals surface area (Å²) in [6, 6.07) is 0.900. The highest BCUT2D eigenvalue weighted by atomic mass is 32.2. The van der Waals surface area contributed by atoms with Gasteiger partial charge in [0.05, 0.1) is 0 Å². The van der Waals surface area contributed by atoms with Crippen LogP contribution >= 0.6 is 23.5 Å². The van der Waals surface area contributed by atoms with Crippen LogP contribution in [-0.2, 0) is 18.1 Å². The summed E-state index contributed by atoms with van der Waals surface area (Å²) in [6.07, 6.45) is 25.5. The zero-order valence-corrected chi connectivity index (χ0v) is 30.2. The highest BCUT2D eigenvalue weighted by Crippen LogP contribution is 2.23. The minimum Gasteiger partial charge on any atom is -0.480 e. The van der Waals surface area contributed by atoms with Gasteiger partial charge in [0.2, 0.25) is 0 Å². The molecule has 0 aromatic rings. The molecule has 0 bridgehead atoms. The topological polar surface area (TPSA) is 65.0 Å². The maximum atomic E-state index is 11.7. The van der Waals surface area contributed by atoms with Crippen LogP contribution in [0, 0.1) is 0 Å². The molecular formula is C33H68O5S2Si.